The topological polar surface area (TPSA) is 38.1 Å². The van der Waals surface area contributed by atoms with Crippen molar-refractivity contribution < 1.29 is 5.11 Å². The lowest BCUT2D eigenvalue weighted by Crippen LogP contribution is -2.50. The van der Waals surface area contributed by atoms with Gasteiger partial charge in [0.15, 0.2) is 0 Å². The molecule has 2 aromatic rings. The molecule has 1 saturated carbocycles. The molecule has 0 radical (unpaired) electrons. The van der Waals surface area contributed by atoms with Gasteiger partial charge in [-0.05, 0) is 42.9 Å². The molecule has 1 aromatic heterocycles. The summed E-state index contributed by atoms with van der Waals surface area (Å²) in [6.07, 6.45) is 6.82. The first-order valence-corrected chi connectivity index (χ1v) is 7.49. The van der Waals surface area contributed by atoms with Gasteiger partial charge in [-0.2, -0.15) is 5.10 Å². The van der Waals surface area contributed by atoms with Crippen molar-refractivity contribution in [3.8, 4) is 5.69 Å². The minimum Gasteiger partial charge on any atom is -0.393 e. The van der Waals surface area contributed by atoms with Crippen LogP contribution in [0.4, 0.5) is 0 Å². The van der Waals surface area contributed by atoms with Crippen LogP contribution in [0, 0.1) is 5.41 Å². The van der Waals surface area contributed by atoms with E-state index in [4.69, 9.17) is 0 Å². The van der Waals surface area contributed by atoms with E-state index in [1.165, 1.54) is 5.56 Å². The Morgan fingerprint density at radius 3 is 2.55 bits per heavy atom. The second kappa shape index (κ2) is 5.06. The summed E-state index contributed by atoms with van der Waals surface area (Å²) in [5.41, 5.74) is 2.38. The van der Waals surface area contributed by atoms with E-state index in [1.54, 1.807) is 0 Å². The highest BCUT2D eigenvalue weighted by Gasteiger charge is 2.52. The maximum absolute atomic E-state index is 10.2. The highest BCUT2D eigenvalue weighted by Crippen LogP contribution is 2.57. The Balaban J connectivity index is 1.88. The van der Waals surface area contributed by atoms with Gasteiger partial charge in [-0.25, -0.2) is 4.68 Å². The van der Waals surface area contributed by atoms with E-state index in [2.05, 4.69) is 37.3 Å². The number of aromatic nitrogens is 2. The van der Waals surface area contributed by atoms with Crippen LogP contribution in [0.15, 0.2) is 42.7 Å². The number of rotatable bonds is 4. The molecule has 0 bridgehead atoms. The van der Waals surface area contributed by atoms with Crippen molar-refractivity contribution in [2.45, 2.75) is 45.1 Å². The summed E-state index contributed by atoms with van der Waals surface area (Å²) in [5, 5.41) is 14.7. The zero-order valence-corrected chi connectivity index (χ0v) is 12.2. The number of hydrogen-bond acceptors (Lipinski definition) is 2. The minimum atomic E-state index is -0.164. The van der Waals surface area contributed by atoms with Crippen molar-refractivity contribution in [2.75, 3.05) is 0 Å². The second-order valence-corrected chi connectivity index (χ2v) is 5.80. The van der Waals surface area contributed by atoms with E-state index in [0.29, 0.717) is 5.92 Å². The molecule has 1 heterocycles. The van der Waals surface area contributed by atoms with Gasteiger partial charge in [0.25, 0.3) is 0 Å². The molecule has 0 spiro atoms. The standard InChI is InChI=1S/C17H22N2O/c1-3-17(4-2)15(10-16(17)20)13-11-18-19(12-13)14-8-6-5-7-9-14/h5-9,11-12,15-16,20H,3-4,10H2,1-2H3. The normalized spacial score (nSPS) is 24.4. The van der Waals surface area contributed by atoms with Crippen LogP contribution in [0.1, 0.15) is 44.6 Å². The lowest BCUT2D eigenvalue weighted by molar-refractivity contribution is -0.0932. The van der Waals surface area contributed by atoms with Crippen LogP contribution in [-0.2, 0) is 0 Å². The number of aliphatic hydroxyl groups is 1. The predicted octanol–water partition coefficient (Wildman–Crippen LogP) is 3.53. The number of hydrogen-bond donors (Lipinski definition) is 1. The third-order valence-electron chi connectivity index (χ3n) is 5.16. The zero-order valence-electron chi connectivity index (χ0n) is 12.2. The van der Waals surface area contributed by atoms with Crippen molar-refractivity contribution in [3.05, 3.63) is 48.3 Å². The molecule has 0 saturated heterocycles. The zero-order chi connectivity index (χ0) is 14.2. The average molecular weight is 270 g/mol. The number of aliphatic hydroxyl groups excluding tert-OH is 1. The third-order valence-corrected chi connectivity index (χ3v) is 5.16. The largest absolute Gasteiger partial charge is 0.393 e. The lowest BCUT2D eigenvalue weighted by Gasteiger charge is -2.53. The molecule has 1 aliphatic rings. The highest BCUT2D eigenvalue weighted by molar-refractivity contribution is 5.33. The average Bonchev–Trinajstić information content (AvgIpc) is 2.96. The van der Waals surface area contributed by atoms with Crippen LogP contribution in [0.5, 0.6) is 0 Å². The van der Waals surface area contributed by atoms with Gasteiger partial charge in [-0.15, -0.1) is 0 Å². The molecule has 2 unspecified atom stereocenters. The molecule has 1 aliphatic carbocycles. The smallest absolute Gasteiger partial charge is 0.0645 e. The maximum atomic E-state index is 10.2. The molecule has 2 atom stereocenters. The molecule has 1 aromatic carbocycles. The first-order valence-electron chi connectivity index (χ1n) is 7.49. The summed E-state index contributed by atoms with van der Waals surface area (Å²) in [6.45, 7) is 4.36. The van der Waals surface area contributed by atoms with E-state index < -0.39 is 0 Å². The Hall–Kier alpha value is -1.61. The summed E-state index contributed by atoms with van der Waals surface area (Å²) >= 11 is 0. The molecule has 3 rings (SSSR count). The maximum Gasteiger partial charge on any atom is 0.0645 e. The van der Waals surface area contributed by atoms with Gasteiger partial charge in [0.2, 0.25) is 0 Å². The molecule has 0 amide bonds. The number of benzene rings is 1. The lowest BCUT2D eigenvalue weighted by atomic mass is 9.53. The van der Waals surface area contributed by atoms with Gasteiger partial charge >= 0.3 is 0 Å². The van der Waals surface area contributed by atoms with Crippen LogP contribution in [0.3, 0.4) is 0 Å². The summed E-state index contributed by atoms with van der Waals surface area (Å²) in [5.74, 6) is 0.435. The van der Waals surface area contributed by atoms with Crippen LogP contribution >= 0.6 is 0 Å². The molecular formula is C17H22N2O. The molecular weight excluding hydrogens is 248 g/mol. The van der Waals surface area contributed by atoms with Gasteiger partial charge in [0, 0.05) is 11.6 Å². The Kier molecular flexibility index (Phi) is 3.38. The van der Waals surface area contributed by atoms with Crippen molar-refractivity contribution in [1.82, 2.24) is 9.78 Å². The SMILES string of the molecule is CCC1(CC)C(O)CC1c1cnn(-c2ccccc2)c1. The fourth-order valence-corrected chi connectivity index (χ4v) is 3.69. The van der Waals surface area contributed by atoms with Gasteiger partial charge in [-0.1, -0.05) is 32.0 Å². The molecule has 3 nitrogen and oxygen atoms in total. The molecule has 1 N–H and O–H groups in total. The van der Waals surface area contributed by atoms with Gasteiger partial charge in [-0.3, -0.25) is 0 Å². The van der Waals surface area contributed by atoms with Crippen LogP contribution in [-0.4, -0.2) is 21.0 Å². The van der Waals surface area contributed by atoms with Crippen LogP contribution in [0.2, 0.25) is 0 Å². The Morgan fingerprint density at radius 2 is 1.95 bits per heavy atom. The third kappa shape index (κ3) is 1.88. The first kappa shape index (κ1) is 13.4. The number of nitrogens with zero attached hydrogens (tertiary/aromatic N) is 2. The Bertz CT molecular complexity index is 572. The fraction of sp³-hybridized carbons (Fsp3) is 0.471. The molecule has 20 heavy (non-hydrogen) atoms. The Labute approximate surface area is 120 Å². The summed E-state index contributed by atoms with van der Waals surface area (Å²) in [4.78, 5) is 0. The van der Waals surface area contributed by atoms with Crippen molar-refractivity contribution in [3.63, 3.8) is 0 Å². The van der Waals surface area contributed by atoms with Crippen molar-refractivity contribution >= 4 is 0 Å². The highest BCUT2D eigenvalue weighted by atomic mass is 16.3. The monoisotopic (exact) mass is 270 g/mol. The van der Waals surface area contributed by atoms with Crippen molar-refractivity contribution in [2.24, 2.45) is 5.41 Å². The summed E-state index contributed by atoms with van der Waals surface area (Å²) in [6, 6.07) is 10.2. The van der Waals surface area contributed by atoms with Crippen LogP contribution < -0.4 is 0 Å². The minimum absolute atomic E-state index is 0.0462. The summed E-state index contributed by atoms with van der Waals surface area (Å²) in [7, 11) is 0. The van der Waals surface area contributed by atoms with Crippen molar-refractivity contribution in [1.29, 1.82) is 0 Å². The second-order valence-electron chi connectivity index (χ2n) is 5.80. The number of para-hydroxylation sites is 1. The quantitative estimate of drug-likeness (QED) is 0.923. The molecule has 3 heteroatoms. The van der Waals surface area contributed by atoms with E-state index in [-0.39, 0.29) is 11.5 Å². The van der Waals surface area contributed by atoms with E-state index in [0.717, 1.165) is 24.9 Å². The first-order chi connectivity index (χ1) is 9.71. The molecule has 106 valence electrons. The van der Waals surface area contributed by atoms with Gasteiger partial charge in [0.1, 0.15) is 0 Å². The van der Waals surface area contributed by atoms with E-state index in [1.807, 2.05) is 29.1 Å². The van der Waals surface area contributed by atoms with E-state index in [9.17, 15) is 5.11 Å². The van der Waals surface area contributed by atoms with Crippen LogP contribution in [0.25, 0.3) is 5.69 Å². The fourth-order valence-electron chi connectivity index (χ4n) is 3.69. The molecule has 0 aliphatic heterocycles. The summed E-state index contributed by atoms with van der Waals surface area (Å²) < 4.78 is 1.93. The van der Waals surface area contributed by atoms with E-state index >= 15 is 0 Å². The Morgan fingerprint density at radius 1 is 1.25 bits per heavy atom. The molecule has 1 fully saturated rings. The predicted molar refractivity (Wildman–Crippen MR) is 79.9 cm³/mol. The van der Waals surface area contributed by atoms with Gasteiger partial charge < -0.3 is 5.11 Å². The van der Waals surface area contributed by atoms with Gasteiger partial charge in [0.05, 0.1) is 18.0 Å².